The topological polar surface area (TPSA) is 90.7 Å². The molecule has 3 heterocycles. The van der Waals surface area contributed by atoms with Gasteiger partial charge in [-0.3, -0.25) is 9.69 Å². The summed E-state index contributed by atoms with van der Waals surface area (Å²) in [7, 11) is 3.37. The van der Waals surface area contributed by atoms with Gasteiger partial charge in [0.2, 0.25) is 5.91 Å². The van der Waals surface area contributed by atoms with Crippen molar-refractivity contribution >= 4 is 5.91 Å². The molecule has 0 bridgehead atoms. The van der Waals surface area contributed by atoms with Crippen LogP contribution in [-0.4, -0.2) is 66.1 Å². The quantitative estimate of drug-likeness (QED) is 0.699. The number of aromatic nitrogens is 3. The summed E-state index contributed by atoms with van der Waals surface area (Å²) in [5.41, 5.74) is 1.05. The van der Waals surface area contributed by atoms with Gasteiger partial charge in [0.05, 0.1) is 25.8 Å². The number of ether oxygens (including phenoxy) is 3. The Balaban J connectivity index is 1.42. The van der Waals surface area contributed by atoms with Crippen LogP contribution in [0.25, 0.3) is 0 Å². The molecule has 1 saturated heterocycles. The lowest BCUT2D eigenvalue weighted by Gasteiger charge is -2.24. The second-order valence-corrected chi connectivity index (χ2v) is 8.41. The Bertz CT molecular complexity index is 903. The van der Waals surface area contributed by atoms with E-state index in [-0.39, 0.29) is 17.9 Å². The van der Waals surface area contributed by atoms with Crippen molar-refractivity contribution in [2.75, 3.05) is 40.5 Å². The number of amides is 1. The molecule has 0 spiro atoms. The highest BCUT2D eigenvalue weighted by atomic mass is 16.5. The van der Waals surface area contributed by atoms with E-state index < -0.39 is 0 Å². The van der Waals surface area contributed by atoms with Crippen LogP contribution < -0.4 is 14.8 Å². The average Bonchev–Trinajstić information content (AvgIpc) is 3.13. The van der Waals surface area contributed by atoms with Crippen LogP contribution in [-0.2, 0) is 29.0 Å². The Kier molecular flexibility index (Phi) is 7.26. The summed E-state index contributed by atoms with van der Waals surface area (Å²) in [6.45, 7) is 6.50. The largest absolute Gasteiger partial charge is 0.496 e. The SMILES string of the molecule is COc1cccc(OC)c1CN1CCc2nnc(C(C)NC(=O)C3CCOCC3)n2CC1. The third kappa shape index (κ3) is 4.88. The van der Waals surface area contributed by atoms with Crippen molar-refractivity contribution in [2.45, 2.75) is 45.3 Å². The minimum atomic E-state index is -0.188. The Hall–Kier alpha value is -2.65. The molecule has 1 N–H and O–H groups in total. The van der Waals surface area contributed by atoms with Crippen LogP contribution in [0.15, 0.2) is 18.2 Å². The van der Waals surface area contributed by atoms with Crippen molar-refractivity contribution in [1.82, 2.24) is 25.0 Å². The molecule has 1 atom stereocenters. The van der Waals surface area contributed by atoms with Crippen molar-refractivity contribution in [3.63, 3.8) is 0 Å². The number of nitrogens with one attached hydrogen (secondary N) is 1. The van der Waals surface area contributed by atoms with Gasteiger partial charge in [0.25, 0.3) is 0 Å². The van der Waals surface area contributed by atoms with Gasteiger partial charge in [0, 0.05) is 51.7 Å². The lowest BCUT2D eigenvalue weighted by atomic mass is 9.99. The van der Waals surface area contributed by atoms with Gasteiger partial charge in [0.1, 0.15) is 17.3 Å². The molecular weight excluding hydrogens is 410 g/mol. The van der Waals surface area contributed by atoms with Crippen LogP contribution in [0.5, 0.6) is 11.5 Å². The fraction of sp³-hybridized carbons (Fsp3) is 0.609. The number of methoxy groups -OCH3 is 2. The van der Waals surface area contributed by atoms with E-state index in [0.29, 0.717) is 13.2 Å². The van der Waals surface area contributed by atoms with Gasteiger partial charge in [-0.25, -0.2) is 0 Å². The van der Waals surface area contributed by atoms with E-state index in [2.05, 4.69) is 25.0 Å². The van der Waals surface area contributed by atoms with Gasteiger partial charge in [0.15, 0.2) is 5.82 Å². The molecule has 2 aromatic rings. The zero-order valence-electron chi connectivity index (χ0n) is 19.2. The summed E-state index contributed by atoms with van der Waals surface area (Å²) in [5.74, 6) is 3.54. The van der Waals surface area contributed by atoms with E-state index in [4.69, 9.17) is 14.2 Å². The van der Waals surface area contributed by atoms with E-state index in [1.165, 1.54) is 0 Å². The number of fused-ring (bicyclic) bond motifs is 1. The smallest absolute Gasteiger partial charge is 0.223 e. The van der Waals surface area contributed by atoms with Gasteiger partial charge >= 0.3 is 0 Å². The summed E-state index contributed by atoms with van der Waals surface area (Å²) >= 11 is 0. The molecule has 0 saturated carbocycles. The number of hydrogen-bond acceptors (Lipinski definition) is 7. The van der Waals surface area contributed by atoms with Crippen LogP contribution in [0.2, 0.25) is 0 Å². The molecule has 1 aromatic carbocycles. The predicted molar refractivity (Wildman–Crippen MR) is 119 cm³/mol. The average molecular weight is 444 g/mol. The van der Waals surface area contributed by atoms with Crippen molar-refractivity contribution in [3.8, 4) is 11.5 Å². The predicted octanol–water partition coefficient (Wildman–Crippen LogP) is 1.96. The maximum Gasteiger partial charge on any atom is 0.223 e. The van der Waals surface area contributed by atoms with Gasteiger partial charge in [-0.2, -0.15) is 0 Å². The molecule has 0 aliphatic carbocycles. The molecule has 32 heavy (non-hydrogen) atoms. The first-order valence-corrected chi connectivity index (χ1v) is 11.3. The number of nitrogens with zero attached hydrogens (tertiary/aromatic N) is 4. The highest BCUT2D eigenvalue weighted by Gasteiger charge is 2.27. The van der Waals surface area contributed by atoms with E-state index in [9.17, 15) is 4.79 Å². The summed E-state index contributed by atoms with van der Waals surface area (Å²) < 4.78 is 18.7. The zero-order chi connectivity index (χ0) is 22.5. The Morgan fingerprint density at radius 3 is 2.56 bits per heavy atom. The van der Waals surface area contributed by atoms with Crippen LogP contribution in [0.3, 0.4) is 0 Å². The van der Waals surface area contributed by atoms with Crippen LogP contribution in [0, 0.1) is 5.92 Å². The number of hydrogen-bond donors (Lipinski definition) is 1. The summed E-state index contributed by atoms with van der Waals surface area (Å²) in [4.78, 5) is 15.0. The molecule has 1 unspecified atom stereocenters. The second kappa shape index (κ2) is 10.3. The first kappa shape index (κ1) is 22.5. The number of rotatable bonds is 7. The van der Waals surface area contributed by atoms with Crippen LogP contribution in [0.1, 0.15) is 43.0 Å². The molecular formula is C23H33N5O4. The monoisotopic (exact) mass is 443 g/mol. The lowest BCUT2D eigenvalue weighted by Crippen LogP contribution is -2.36. The third-order valence-electron chi connectivity index (χ3n) is 6.40. The standard InChI is InChI=1S/C23H33N5O4/c1-16(24-23(29)17-8-13-32-14-9-17)22-26-25-21-7-10-27(11-12-28(21)22)15-18-19(30-2)5-4-6-20(18)31-3/h4-6,16-17H,7-15H2,1-3H3,(H,24,29). The number of benzene rings is 1. The molecule has 9 nitrogen and oxygen atoms in total. The molecule has 1 aromatic heterocycles. The van der Waals surface area contributed by atoms with Crippen LogP contribution >= 0.6 is 0 Å². The molecule has 0 radical (unpaired) electrons. The zero-order valence-corrected chi connectivity index (χ0v) is 19.2. The minimum Gasteiger partial charge on any atom is -0.496 e. The molecule has 9 heteroatoms. The molecule has 2 aliphatic heterocycles. The minimum absolute atomic E-state index is 0.0176. The molecule has 2 aliphatic rings. The normalized spacial score (nSPS) is 18.5. The Labute approximate surface area is 189 Å². The Morgan fingerprint density at radius 1 is 1.16 bits per heavy atom. The maximum atomic E-state index is 12.7. The van der Waals surface area contributed by atoms with E-state index in [1.54, 1.807) is 14.2 Å². The first-order valence-electron chi connectivity index (χ1n) is 11.3. The van der Waals surface area contributed by atoms with E-state index >= 15 is 0 Å². The van der Waals surface area contributed by atoms with E-state index in [1.807, 2.05) is 25.1 Å². The van der Waals surface area contributed by atoms with Crippen LogP contribution in [0.4, 0.5) is 0 Å². The Morgan fingerprint density at radius 2 is 1.88 bits per heavy atom. The lowest BCUT2D eigenvalue weighted by molar-refractivity contribution is -0.128. The summed E-state index contributed by atoms with van der Waals surface area (Å²) in [6.07, 6.45) is 2.35. The summed E-state index contributed by atoms with van der Waals surface area (Å²) in [6, 6.07) is 5.68. The maximum absolute atomic E-state index is 12.7. The fourth-order valence-electron chi connectivity index (χ4n) is 4.53. The highest BCUT2D eigenvalue weighted by molar-refractivity contribution is 5.79. The highest BCUT2D eigenvalue weighted by Crippen LogP contribution is 2.30. The molecule has 1 amide bonds. The van der Waals surface area contributed by atoms with Gasteiger partial charge in [-0.05, 0) is 31.9 Å². The van der Waals surface area contributed by atoms with Crippen molar-refractivity contribution < 1.29 is 19.0 Å². The van der Waals surface area contributed by atoms with Gasteiger partial charge < -0.3 is 24.1 Å². The number of carbonyl (C=O) groups is 1. The van der Waals surface area contributed by atoms with Crippen molar-refractivity contribution in [3.05, 3.63) is 35.4 Å². The van der Waals surface area contributed by atoms with Crippen molar-refractivity contribution in [1.29, 1.82) is 0 Å². The number of carbonyl (C=O) groups excluding carboxylic acids is 1. The molecule has 1 fully saturated rings. The summed E-state index contributed by atoms with van der Waals surface area (Å²) in [5, 5.41) is 12.0. The first-order chi connectivity index (χ1) is 15.6. The molecule has 174 valence electrons. The molecule has 4 rings (SSSR count). The third-order valence-corrected chi connectivity index (χ3v) is 6.40. The fourth-order valence-corrected chi connectivity index (χ4v) is 4.53. The van der Waals surface area contributed by atoms with E-state index in [0.717, 1.165) is 74.2 Å². The van der Waals surface area contributed by atoms with Gasteiger partial charge in [-0.15, -0.1) is 10.2 Å². The second-order valence-electron chi connectivity index (χ2n) is 8.41. The van der Waals surface area contributed by atoms with Crippen molar-refractivity contribution in [2.24, 2.45) is 5.92 Å². The van der Waals surface area contributed by atoms with Gasteiger partial charge in [-0.1, -0.05) is 6.07 Å².